The van der Waals surface area contributed by atoms with Crippen molar-refractivity contribution in [3.63, 3.8) is 0 Å². The van der Waals surface area contributed by atoms with Crippen LogP contribution in [0.4, 0.5) is 5.69 Å². The number of hydrogen-bond donors (Lipinski definition) is 0. The number of rotatable bonds is 4. The third-order valence-corrected chi connectivity index (χ3v) is 7.95. The summed E-state index contributed by atoms with van der Waals surface area (Å²) in [6.45, 7) is 8.04. The van der Waals surface area contributed by atoms with Gasteiger partial charge in [-0.3, -0.25) is 0 Å². The summed E-state index contributed by atoms with van der Waals surface area (Å²) >= 11 is 1.44. The number of piperazine rings is 1. The molecule has 27 heavy (non-hydrogen) atoms. The summed E-state index contributed by atoms with van der Waals surface area (Å²) in [5.74, 6) is 0. The minimum absolute atomic E-state index is 0.206. The maximum absolute atomic E-state index is 13.3. The molecule has 0 radical (unpaired) electrons. The largest absolute Gasteiger partial charge is 0.369 e. The monoisotopic (exact) mass is 405 g/mol. The number of fused-ring (bicyclic) bond motifs is 1. The summed E-state index contributed by atoms with van der Waals surface area (Å²) in [6, 6.07) is 8.34. The Bertz CT molecular complexity index is 1060. The van der Waals surface area contributed by atoms with Crippen molar-refractivity contribution in [1.29, 1.82) is 0 Å². The van der Waals surface area contributed by atoms with Gasteiger partial charge in [-0.15, -0.1) is 0 Å². The normalized spacial score (nSPS) is 16.3. The quantitative estimate of drug-likeness (QED) is 0.667. The van der Waals surface area contributed by atoms with Crippen molar-refractivity contribution in [2.75, 3.05) is 31.1 Å². The third-order valence-electron chi connectivity index (χ3n) is 4.89. The standard InChI is InChI=1S/C18H23N5O2S2/c1-4-16-20-23-17(14(3)19-18(23)26-16)27(24,25)22-11-9-21(10-12-22)15-7-5-13(2)6-8-15/h5-8H,4,9-12H2,1-3H3. The molecule has 9 heteroatoms. The summed E-state index contributed by atoms with van der Waals surface area (Å²) in [4.78, 5) is 7.28. The molecule has 3 aromatic rings. The fourth-order valence-electron chi connectivity index (χ4n) is 3.37. The maximum Gasteiger partial charge on any atom is 0.262 e. The molecule has 1 aliphatic rings. The maximum atomic E-state index is 13.3. The second kappa shape index (κ2) is 6.88. The highest BCUT2D eigenvalue weighted by Crippen LogP contribution is 2.26. The highest BCUT2D eigenvalue weighted by Gasteiger charge is 2.34. The molecule has 0 saturated carbocycles. The van der Waals surface area contributed by atoms with E-state index in [0.29, 0.717) is 36.8 Å². The number of aromatic nitrogens is 3. The van der Waals surface area contributed by atoms with Crippen molar-refractivity contribution in [2.24, 2.45) is 0 Å². The summed E-state index contributed by atoms with van der Waals surface area (Å²) in [6.07, 6.45) is 0.766. The van der Waals surface area contributed by atoms with Gasteiger partial charge in [0.15, 0.2) is 5.03 Å². The molecular formula is C18H23N5O2S2. The fourth-order valence-corrected chi connectivity index (χ4v) is 5.96. The molecule has 1 saturated heterocycles. The Morgan fingerprint density at radius 1 is 1.07 bits per heavy atom. The van der Waals surface area contributed by atoms with Gasteiger partial charge in [0, 0.05) is 31.9 Å². The molecule has 7 nitrogen and oxygen atoms in total. The van der Waals surface area contributed by atoms with Crippen molar-refractivity contribution in [3.05, 3.63) is 40.5 Å². The Morgan fingerprint density at radius 2 is 1.74 bits per heavy atom. The van der Waals surface area contributed by atoms with Gasteiger partial charge in [-0.05, 0) is 32.4 Å². The van der Waals surface area contributed by atoms with E-state index in [2.05, 4.69) is 46.2 Å². The molecule has 0 amide bonds. The summed E-state index contributed by atoms with van der Waals surface area (Å²) < 4.78 is 29.6. The van der Waals surface area contributed by atoms with Gasteiger partial charge in [0.05, 0.1) is 5.69 Å². The summed E-state index contributed by atoms with van der Waals surface area (Å²) in [5.41, 5.74) is 2.86. The SMILES string of the molecule is CCc1nn2c(S(=O)(=O)N3CCN(c4ccc(C)cc4)CC3)c(C)nc2s1. The van der Waals surface area contributed by atoms with E-state index in [1.807, 2.05) is 6.92 Å². The van der Waals surface area contributed by atoms with Crippen LogP contribution in [0.25, 0.3) is 4.96 Å². The molecule has 0 bridgehead atoms. The first-order chi connectivity index (χ1) is 12.9. The zero-order valence-electron chi connectivity index (χ0n) is 15.7. The van der Waals surface area contributed by atoms with Crippen LogP contribution < -0.4 is 4.90 Å². The lowest BCUT2D eigenvalue weighted by molar-refractivity contribution is 0.382. The van der Waals surface area contributed by atoms with Gasteiger partial charge in [-0.2, -0.15) is 13.9 Å². The second-order valence-electron chi connectivity index (χ2n) is 6.77. The van der Waals surface area contributed by atoms with Gasteiger partial charge in [0.1, 0.15) is 5.01 Å². The van der Waals surface area contributed by atoms with Gasteiger partial charge < -0.3 is 4.90 Å². The Labute approximate surface area is 163 Å². The van der Waals surface area contributed by atoms with Crippen molar-refractivity contribution in [2.45, 2.75) is 32.2 Å². The van der Waals surface area contributed by atoms with E-state index >= 15 is 0 Å². The third kappa shape index (κ3) is 3.24. The first kappa shape index (κ1) is 18.4. The van der Waals surface area contributed by atoms with E-state index in [4.69, 9.17) is 0 Å². The molecule has 1 aromatic carbocycles. The number of hydrogen-bond acceptors (Lipinski definition) is 6. The van der Waals surface area contributed by atoms with Crippen LogP contribution in [0.3, 0.4) is 0 Å². The van der Waals surface area contributed by atoms with Crippen molar-refractivity contribution in [3.8, 4) is 0 Å². The molecule has 0 atom stereocenters. The van der Waals surface area contributed by atoms with E-state index in [-0.39, 0.29) is 5.03 Å². The lowest BCUT2D eigenvalue weighted by atomic mass is 10.2. The molecule has 0 N–H and O–H groups in total. The molecule has 4 rings (SSSR count). The topological polar surface area (TPSA) is 70.8 Å². The van der Waals surface area contributed by atoms with Crippen molar-refractivity contribution >= 4 is 32.0 Å². The van der Waals surface area contributed by atoms with Crippen LogP contribution in [0, 0.1) is 13.8 Å². The Hall–Kier alpha value is -1.97. The van der Waals surface area contributed by atoms with E-state index < -0.39 is 10.0 Å². The number of benzene rings is 1. The van der Waals surface area contributed by atoms with Crippen molar-refractivity contribution < 1.29 is 8.42 Å². The highest BCUT2D eigenvalue weighted by molar-refractivity contribution is 7.89. The predicted octanol–water partition coefficient (Wildman–Crippen LogP) is 2.48. The summed E-state index contributed by atoms with van der Waals surface area (Å²) in [7, 11) is -3.63. The van der Waals surface area contributed by atoms with Gasteiger partial charge in [-0.1, -0.05) is 36.0 Å². The minimum Gasteiger partial charge on any atom is -0.369 e. The average Bonchev–Trinajstić information content (AvgIpc) is 3.18. The fraction of sp³-hybridized carbons (Fsp3) is 0.444. The van der Waals surface area contributed by atoms with E-state index in [9.17, 15) is 8.42 Å². The number of anilines is 1. The van der Waals surface area contributed by atoms with Crippen molar-refractivity contribution in [1.82, 2.24) is 18.9 Å². The number of sulfonamides is 1. The molecule has 2 aromatic heterocycles. The molecule has 0 aliphatic carbocycles. The smallest absolute Gasteiger partial charge is 0.262 e. The predicted molar refractivity (Wildman–Crippen MR) is 107 cm³/mol. The zero-order valence-corrected chi connectivity index (χ0v) is 17.3. The van der Waals surface area contributed by atoms with E-state index in [1.54, 1.807) is 11.2 Å². The molecule has 1 aliphatic heterocycles. The second-order valence-corrected chi connectivity index (χ2v) is 9.67. The van der Waals surface area contributed by atoms with E-state index in [0.717, 1.165) is 17.1 Å². The van der Waals surface area contributed by atoms with Crippen LogP contribution in [0.5, 0.6) is 0 Å². The summed E-state index contributed by atoms with van der Waals surface area (Å²) in [5, 5.41) is 5.53. The minimum atomic E-state index is -3.63. The molecular weight excluding hydrogens is 382 g/mol. The average molecular weight is 406 g/mol. The number of aryl methyl sites for hydroxylation is 3. The molecule has 1 fully saturated rings. The molecule has 144 valence electrons. The van der Waals surface area contributed by atoms with Crippen LogP contribution >= 0.6 is 11.3 Å². The van der Waals surface area contributed by atoms with Crippen LogP contribution in [-0.4, -0.2) is 53.5 Å². The first-order valence-electron chi connectivity index (χ1n) is 9.07. The Kier molecular flexibility index (Phi) is 4.69. The van der Waals surface area contributed by atoms with Crippen LogP contribution in [0.2, 0.25) is 0 Å². The number of imidazole rings is 1. The van der Waals surface area contributed by atoms with Crippen LogP contribution in [-0.2, 0) is 16.4 Å². The lowest BCUT2D eigenvalue weighted by Gasteiger charge is -2.35. The zero-order chi connectivity index (χ0) is 19.2. The van der Waals surface area contributed by atoms with Crippen LogP contribution in [0.15, 0.2) is 29.3 Å². The molecule has 0 spiro atoms. The Morgan fingerprint density at radius 3 is 2.37 bits per heavy atom. The van der Waals surface area contributed by atoms with Gasteiger partial charge >= 0.3 is 0 Å². The highest BCUT2D eigenvalue weighted by atomic mass is 32.2. The van der Waals surface area contributed by atoms with Crippen LogP contribution in [0.1, 0.15) is 23.2 Å². The first-order valence-corrected chi connectivity index (χ1v) is 11.3. The van der Waals surface area contributed by atoms with Gasteiger partial charge in [0.25, 0.3) is 10.0 Å². The van der Waals surface area contributed by atoms with Gasteiger partial charge in [-0.25, -0.2) is 13.4 Å². The van der Waals surface area contributed by atoms with E-state index in [1.165, 1.54) is 21.4 Å². The molecule has 3 heterocycles. The number of nitrogens with zero attached hydrogens (tertiary/aromatic N) is 5. The molecule has 0 unspecified atom stereocenters. The Balaban J connectivity index is 1.58. The van der Waals surface area contributed by atoms with Gasteiger partial charge in [0.2, 0.25) is 4.96 Å². The lowest BCUT2D eigenvalue weighted by Crippen LogP contribution is -2.49.